The van der Waals surface area contributed by atoms with Crippen LogP contribution in [0.3, 0.4) is 0 Å². The van der Waals surface area contributed by atoms with Gasteiger partial charge in [-0.05, 0) is 24.6 Å². The summed E-state index contributed by atoms with van der Waals surface area (Å²) in [5.74, 6) is 0.719. The van der Waals surface area contributed by atoms with Crippen molar-refractivity contribution in [1.82, 2.24) is 0 Å². The summed E-state index contributed by atoms with van der Waals surface area (Å²) in [5, 5.41) is 0.137. The summed E-state index contributed by atoms with van der Waals surface area (Å²) in [6.45, 7) is 3.95. The van der Waals surface area contributed by atoms with Gasteiger partial charge in [0, 0.05) is 21.0 Å². The minimum Gasteiger partial charge on any atom is -0.259 e. The first kappa shape index (κ1) is 10.9. The molecule has 1 aromatic carbocycles. The van der Waals surface area contributed by atoms with Gasteiger partial charge in [0.2, 0.25) is 0 Å². The number of hydrogen-bond acceptors (Lipinski definition) is 1. The van der Waals surface area contributed by atoms with Crippen LogP contribution in [0.15, 0.2) is 28.7 Å². The van der Waals surface area contributed by atoms with Crippen molar-refractivity contribution < 1.29 is 4.21 Å². The van der Waals surface area contributed by atoms with E-state index in [1.54, 1.807) is 0 Å². The monoisotopic (exact) mass is 260 g/mol. The van der Waals surface area contributed by atoms with Crippen LogP contribution in [0.25, 0.3) is 0 Å². The SMILES string of the molecule is CCS(=O)C(C)c1ccc(Br)cc1. The minimum atomic E-state index is -0.745. The van der Waals surface area contributed by atoms with E-state index in [1.165, 1.54) is 0 Å². The van der Waals surface area contributed by atoms with E-state index in [0.717, 1.165) is 15.8 Å². The van der Waals surface area contributed by atoms with Gasteiger partial charge in [0.25, 0.3) is 0 Å². The average molecular weight is 261 g/mol. The maximum absolute atomic E-state index is 11.5. The Hall–Kier alpha value is -0.150. The van der Waals surface area contributed by atoms with Gasteiger partial charge >= 0.3 is 0 Å². The summed E-state index contributed by atoms with van der Waals surface area (Å²) in [6.07, 6.45) is 0. The molecule has 1 aromatic rings. The van der Waals surface area contributed by atoms with Crippen LogP contribution in [0.1, 0.15) is 24.7 Å². The van der Waals surface area contributed by atoms with Gasteiger partial charge in [-0.2, -0.15) is 0 Å². The third-order valence-electron chi connectivity index (χ3n) is 2.02. The second-order valence-electron chi connectivity index (χ2n) is 2.86. The summed E-state index contributed by atoms with van der Waals surface area (Å²) in [5.41, 5.74) is 1.14. The Balaban J connectivity index is 2.83. The van der Waals surface area contributed by atoms with E-state index in [9.17, 15) is 4.21 Å². The van der Waals surface area contributed by atoms with Crippen LogP contribution in [-0.4, -0.2) is 9.96 Å². The highest BCUT2D eigenvalue weighted by atomic mass is 79.9. The summed E-state index contributed by atoms with van der Waals surface area (Å²) in [7, 11) is -0.745. The fourth-order valence-corrected chi connectivity index (χ4v) is 2.36. The first-order valence-electron chi connectivity index (χ1n) is 4.27. The highest BCUT2D eigenvalue weighted by molar-refractivity contribution is 9.10. The van der Waals surface area contributed by atoms with Gasteiger partial charge in [0.05, 0.1) is 5.25 Å². The largest absolute Gasteiger partial charge is 0.259 e. The quantitative estimate of drug-likeness (QED) is 0.816. The molecule has 0 N–H and O–H groups in total. The fraction of sp³-hybridized carbons (Fsp3) is 0.400. The molecule has 2 atom stereocenters. The second-order valence-corrected chi connectivity index (χ2v) is 5.82. The molecule has 1 rings (SSSR count). The van der Waals surface area contributed by atoms with Gasteiger partial charge in [0.1, 0.15) is 0 Å². The zero-order valence-electron chi connectivity index (χ0n) is 7.79. The molecule has 3 heteroatoms. The Kier molecular flexibility index (Phi) is 4.13. The van der Waals surface area contributed by atoms with Crippen LogP contribution in [-0.2, 0) is 10.8 Å². The lowest BCUT2D eigenvalue weighted by atomic mass is 10.2. The maximum atomic E-state index is 11.5. The molecule has 0 amide bonds. The summed E-state index contributed by atoms with van der Waals surface area (Å²) in [4.78, 5) is 0. The van der Waals surface area contributed by atoms with E-state index in [1.807, 2.05) is 38.1 Å². The summed E-state index contributed by atoms with van der Waals surface area (Å²) in [6, 6.07) is 8.00. The molecule has 2 unspecified atom stereocenters. The first-order chi connectivity index (χ1) is 6.15. The molecule has 0 bridgehead atoms. The molecular weight excluding hydrogens is 248 g/mol. The van der Waals surface area contributed by atoms with E-state index in [0.29, 0.717) is 0 Å². The lowest BCUT2D eigenvalue weighted by molar-refractivity contribution is 0.676. The van der Waals surface area contributed by atoms with Crippen molar-refractivity contribution in [1.29, 1.82) is 0 Å². The van der Waals surface area contributed by atoms with Gasteiger partial charge < -0.3 is 0 Å². The van der Waals surface area contributed by atoms with Crippen LogP contribution in [0.2, 0.25) is 0 Å². The highest BCUT2D eigenvalue weighted by Gasteiger charge is 2.10. The van der Waals surface area contributed by atoms with E-state index in [2.05, 4.69) is 15.9 Å². The predicted molar refractivity (Wildman–Crippen MR) is 61.2 cm³/mol. The topological polar surface area (TPSA) is 17.1 Å². The molecule has 0 spiro atoms. The van der Waals surface area contributed by atoms with E-state index >= 15 is 0 Å². The molecule has 0 aliphatic rings. The second kappa shape index (κ2) is 4.91. The Morgan fingerprint density at radius 3 is 2.38 bits per heavy atom. The van der Waals surface area contributed by atoms with Crippen LogP contribution >= 0.6 is 15.9 Å². The van der Waals surface area contributed by atoms with Crippen molar-refractivity contribution in [3.8, 4) is 0 Å². The predicted octanol–water partition coefficient (Wildman–Crippen LogP) is 3.28. The number of rotatable bonds is 3. The highest BCUT2D eigenvalue weighted by Crippen LogP contribution is 2.21. The normalized spacial score (nSPS) is 15.3. The minimum absolute atomic E-state index is 0.137. The summed E-state index contributed by atoms with van der Waals surface area (Å²) < 4.78 is 12.6. The van der Waals surface area contributed by atoms with E-state index < -0.39 is 10.8 Å². The zero-order valence-corrected chi connectivity index (χ0v) is 10.2. The Morgan fingerprint density at radius 1 is 1.38 bits per heavy atom. The third-order valence-corrected chi connectivity index (χ3v) is 4.18. The molecular formula is C10H13BrOS. The molecule has 0 saturated carbocycles. The number of hydrogen-bond donors (Lipinski definition) is 0. The average Bonchev–Trinajstić information content (AvgIpc) is 2.17. The van der Waals surface area contributed by atoms with Gasteiger partial charge in [0.15, 0.2) is 0 Å². The van der Waals surface area contributed by atoms with Crippen molar-refractivity contribution in [3.05, 3.63) is 34.3 Å². The van der Waals surface area contributed by atoms with Crippen molar-refractivity contribution in [2.24, 2.45) is 0 Å². The Bertz CT molecular complexity index is 294. The molecule has 72 valence electrons. The van der Waals surface area contributed by atoms with Gasteiger partial charge in [-0.15, -0.1) is 0 Å². The number of halogens is 1. The van der Waals surface area contributed by atoms with Gasteiger partial charge in [-0.3, -0.25) is 4.21 Å². The molecule has 0 heterocycles. The lowest BCUT2D eigenvalue weighted by Crippen LogP contribution is -2.04. The zero-order chi connectivity index (χ0) is 9.84. The Morgan fingerprint density at radius 2 is 1.92 bits per heavy atom. The molecule has 1 nitrogen and oxygen atoms in total. The van der Waals surface area contributed by atoms with Crippen LogP contribution in [0, 0.1) is 0 Å². The van der Waals surface area contributed by atoms with Crippen molar-refractivity contribution in [3.63, 3.8) is 0 Å². The van der Waals surface area contributed by atoms with Gasteiger partial charge in [-0.25, -0.2) is 0 Å². The molecule has 0 aromatic heterocycles. The van der Waals surface area contributed by atoms with Crippen LogP contribution in [0.4, 0.5) is 0 Å². The van der Waals surface area contributed by atoms with Crippen molar-refractivity contribution in [2.75, 3.05) is 5.75 Å². The smallest absolute Gasteiger partial charge is 0.0568 e. The van der Waals surface area contributed by atoms with Crippen LogP contribution < -0.4 is 0 Å². The Labute approximate surface area is 90.1 Å². The molecule has 0 fully saturated rings. The van der Waals surface area contributed by atoms with Crippen molar-refractivity contribution >= 4 is 26.7 Å². The number of benzene rings is 1. The maximum Gasteiger partial charge on any atom is 0.0568 e. The fourth-order valence-electron chi connectivity index (χ4n) is 1.14. The molecule has 0 aliphatic carbocycles. The molecule has 0 radical (unpaired) electrons. The standard InChI is InChI=1S/C10H13BrOS/c1-3-13(12)8(2)9-4-6-10(11)7-5-9/h4-8H,3H2,1-2H3. The van der Waals surface area contributed by atoms with E-state index in [-0.39, 0.29) is 5.25 Å². The first-order valence-corrected chi connectivity index (χ1v) is 6.45. The molecule has 0 saturated heterocycles. The lowest BCUT2D eigenvalue weighted by Gasteiger charge is -2.09. The van der Waals surface area contributed by atoms with Gasteiger partial charge in [-0.1, -0.05) is 35.0 Å². The van der Waals surface area contributed by atoms with Crippen LogP contribution in [0.5, 0.6) is 0 Å². The van der Waals surface area contributed by atoms with Crippen molar-refractivity contribution in [2.45, 2.75) is 19.1 Å². The third kappa shape index (κ3) is 2.92. The molecule has 13 heavy (non-hydrogen) atoms. The molecule has 0 aliphatic heterocycles. The summed E-state index contributed by atoms with van der Waals surface area (Å²) >= 11 is 3.37. The van der Waals surface area contributed by atoms with E-state index in [4.69, 9.17) is 0 Å².